The van der Waals surface area contributed by atoms with Gasteiger partial charge in [0.25, 0.3) is 5.91 Å². The van der Waals surface area contributed by atoms with E-state index in [-0.39, 0.29) is 12.5 Å². The Labute approximate surface area is 114 Å². The van der Waals surface area contributed by atoms with Crippen molar-refractivity contribution in [3.05, 3.63) is 29.3 Å². The van der Waals surface area contributed by atoms with Gasteiger partial charge in [-0.15, -0.1) is 0 Å². The summed E-state index contributed by atoms with van der Waals surface area (Å²) in [5, 5.41) is 12.8. The molecule has 0 heterocycles. The van der Waals surface area contributed by atoms with Crippen LogP contribution in [0.5, 0.6) is 0 Å². The Hall–Kier alpha value is -1.59. The lowest BCUT2D eigenvalue weighted by molar-refractivity contribution is 0.0326. The van der Waals surface area contributed by atoms with Crippen molar-refractivity contribution in [1.82, 2.24) is 10.2 Å². The molecule has 5 heteroatoms. The number of para-hydroxylation sites is 1. The number of amides is 1. The quantitative estimate of drug-likeness (QED) is 0.682. The van der Waals surface area contributed by atoms with E-state index in [2.05, 4.69) is 5.32 Å². The van der Waals surface area contributed by atoms with Crippen molar-refractivity contribution < 1.29 is 9.90 Å². The number of aryl methyl sites for hydroxylation is 1. The van der Waals surface area contributed by atoms with Gasteiger partial charge in [0.05, 0.1) is 11.2 Å². The molecule has 19 heavy (non-hydrogen) atoms. The van der Waals surface area contributed by atoms with Crippen LogP contribution in [-0.2, 0) is 0 Å². The topological polar surface area (TPSA) is 78.6 Å². The summed E-state index contributed by atoms with van der Waals surface area (Å²) in [6, 6.07) is 5.32. The first-order valence-corrected chi connectivity index (χ1v) is 6.23. The van der Waals surface area contributed by atoms with E-state index >= 15 is 0 Å². The first-order valence-electron chi connectivity index (χ1n) is 6.23. The van der Waals surface area contributed by atoms with Crippen LogP contribution in [0.25, 0.3) is 0 Å². The number of nitrogen functional groups attached to an aromatic ring is 1. The maximum atomic E-state index is 12.0. The number of hydrogen-bond donors (Lipinski definition) is 3. The number of rotatable bonds is 5. The van der Waals surface area contributed by atoms with E-state index in [4.69, 9.17) is 5.73 Å². The third kappa shape index (κ3) is 4.54. The van der Waals surface area contributed by atoms with Gasteiger partial charge in [-0.1, -0.05) is 12.1 Å². The van der Waals surface area contributed by atoms with Crippen LogP contribution in [0.2, 0.25) is 0 Å². The largest absolute Gasteiger partial charge is 0.398 e. The zero-order valence-corrected chi connectivity index (χ0v) is 12.0. The Morgan fingerprint density at radius 3 is 2.68 bits per heavy atom. The Bertz CT molecular complexity index is 456. The second-order valence-corrected chi connectivity index (χ2v) is 5.45. The summed E-state index contributed by atoms with van der Waals surface area (Å²) in [4.78, 5) is 13.9. The molecule has 0 fully saturated rings. The maximum Gasteiger partial charge on any atom is 0.253 e. The Balaban J connectivity index is 2.68. The predicted octanol–water partition coefficient (Wildman–Crippen LogP) is 0.620. The van der Waals surface area contributed by atoms with Crippen molar-refractivity contribution in [2.24, 2.45) is 0 Å². The molecule has 1 amide bonds. The van der Waals surface area contributed by atoms with E-state index in [0.29, 0.717) is 17.8 Å². The van der Waals surface area contributed by atoms with Crippen LogP contribution in [0.3, 0.4) is 0 Å². The van der Waals surface area contributed by atoms with E-state index in [1.54, 1.807) is 19.1 Å². The summed E-state index contributed by atoms with van der Waals surface area (Å²) in [6.07, 6.45) is 0. The minimum atomic E-state index is -0.974. The number of nitrogens with two attached hydrogens (primary N) is 1. The highest BCUT2D eigenvalue weighted by atomic mass is 16.3. The molecule has 1 aromatic carbocycles. The lowest BCUT2D eigenvalue weighted by Crippen LogP contribution is -2.47. The van der Waals surface area contributed by atoms with Gasteiger partial charge in [0.2, 0.25) is 0 Å². The number of aliphatic hydroxyl groups is 1. The minimum Gasteiger partial charge on any atom is -0.398 e. The number of nitrogens with one attached hydrogen (secondary N) is 1. The van der Waals surface area contributed by atoms with Gasteiger partial charge in [-0.05, 0) is 39.6 Å². The lowest BCUT2D eigenvalue weighted by Gasteiger charge is -2.27. The molecule has 0 radical (unpaired) electrons. The van der Waals surface area contributed by atoms with Gasteiger partial charge in [0.15, 0.2) is 0 Å². The summed E-state index contributed by atoms with van der Waals surface area (Å²) in [5.74, 6) is -0.264. The molecular weight excluding hydrogens is 242 g/mol. The van der Waals surface area contributed by atoms with Crippen molar-refractivity contribution in [1.29, 1.82) is 0 Å². The van der Waals surface area contributed by atoms with Gasteiger partial charge < -0.3 is 21.1 Å². The highest BCUT2D eigenvalue weighted by Gasteiger charge is 2.22. The van der Waals surface area contributed by atoms with Crippen LogP contribution >= 0.6 is 0 Å². The van der Waals surface area contributed by atoms with Gasteiger partial charge >= 0.3 is 0 Å². The molecule has 1 aromatic rings. The second kappa shape index (κ2) is 6.04. The molecule has 4 N–H and O–H groups in total. The summed E-state index contributed by atoms with van der Waals surface area (Å²) < 4.78 is 0. The van der Waals surface area contributed by atoms with Crippen molar-refractivity contribution in [2.75, 3.05) is 32.9 Å². The molecular formula is C14H23N3O2. The molecule has 0 aromatic heterocycles. The van der Waals surface area contributed by atoms with Gasteiger partial charge in [0, 0.05) is 18.8 Å². The fourth-order valence-corrected chi connectivity index (χ4v) is 1.98. The van der Waals surface area contributed by atoms with Gasteiger partial charge in [-0.3, -0.25) is 4.79 Å². The highest BCUT2D eigenvalue weighted by Crippen LogP contribution is 2.16. The zero-order chi connectivity index (χ0) is 14.6. The van der Waals surface area contributed by atoms with Crippen LogP contribution in [0.4, 0.5) is 5.69 Å². The van der Waals surface area contributed by atoms with E-state index in [1.807, 2.05) is 32.0 Å². The van der Waals surface area contributed by atoms with Crippen LogP contribution in [0.15, 0.2) is 18.2 Å². The molecule has 1 rings (SSSR count). The average molecular weight is 265 g/mol. The molecule has 0 bridgehead atoms. The number of hydrogen-bond acceptors (Lipinski definition) is 4. The zero-order valence-electron chi connectivity index (χ0n) is 12.0. The third-order valence-electron chi connectivity index (χ3n) is 2.86. The molecule has 0 aliphatic carbocycles. The molecule has 0 aliphatic heterocycles. The standard InChI is InChI=1S/C14H23N3O2/c1-10-6-5-7-11(12(10)15)13(18)16-8-14(2,19)9-17(3)4/h5-7,19H,8-9,15H2,1-4H3,(H,16,18). The van der Waals surface area contributed by atoms with Crippen molar-refractivity contribution in [3.8, 4) is 0 Å². The fraction of sp³-hybridized carbons (Fsp3) is 0.500. The third-order valence-corrected chi connectivity index (χ3v) is 2.86. The Kier molecular flexibility index (Phi) is 4.91. The smallest absolute Gasteiger partial charge is 0.253 e. The predicted molar refractivity (Wildman–Crippen MR) is 77.1 cm³/mol. The van der Waals surface area contributed by atoms with E-state index < -0.39 is 5.60 Å². The molecule has 5 nitrogen and oxygen atoms in total. The molecule has 0 spiro atoms. The molecule has 1 unspecified atom stereocenters. The summed E-state index contributed by atoms with van der Waals surface area (Å²) in [6.45, 7) is 4.19. The fourth-order valence-electron chi connectivity index (χ4n) is 1.98. The monoisotopic (exact) mass is 265 g/mol. The summed E-state index contributed by atoms with van der Waals surface area (Å²) in [7, 11) is 3.74. The molecule has 1 atom stereocenters. The van der Waals surface area contributed by atoms with Crippen LogP contribution < -0.4 is 11.1 Å². The van der Waals surface area contributed by atoms with Crippen molar-refractivity contribution >= 4 is 11.6 Å². The number of carbonyl (C=O) groups is 1. The van der Waals surface area contributed by atoms with E-state index in [1.165, 1.54) is 0 Å². The SMILES string of the molecule is Cc1cccc(C(=O)NCC(C)(O)CN(C)C)c1N. The van der Waals surface area contributed by atoms with Crippen molar-refractivity contribution in [3.63, 3.8) is 0 Å². The number of nitrogens with zero attached hydrogens (tertiary/aromatic N) is 1. The maximum absolute atomic E-state index is 12.0. The van der Waals surface area contributed by atoms with Gasteiger partial charge in [-0.2, -0.15) is 0 Å². The summed E-state index contributed by atoms with van der Waals surface area (Å²) in [5.41, 5.74) is 6.69. The number of anilines is 1. The number of carbonyl (C=O) groups excluding carboxylic acids is 1. The van der Waals surface area contributed by atoms with Crippen molar-refractivity contribution in [2.45, 2.75) is 19.4 Å². The van der Waals surface area contributed by atoms with E-state index in [0.717, 1.165) is 5.56 Å². The lowest BCUT2D eigenvalue weighted by atomic mass is 10.1. The number of benzene rings is 1. The number of likely N-dealkylation sites (N-methyl/N-ethyl adjacent to an activating group) is 1. The first kappa shape index (κ1) is 15.5. The molecule has 0 aliphatic rings. The molecule has 0 saturated heterocycles. The highest BCUT2D eigenvalue weighted by molar-refractivity contribution is 5.99. The van der Waals surface area contributed by atoms with E-state index in [9.17, 15) is 9.90 Å². The minimum absolute atomic E-state index is 0.178. The Morgan fingerprint density at radius 2 is 2.11 bits per heavy atom. The van der Waals surface area contributed by atoms with Crippen LogP contribution in [-0.4, -0.2) is 48.7 Å². The van der Waals surface area contributed by atoms with Gasteiger partial charge in [-0.25, -0.2) is 0 Å². The average Bonchev–Trinajstić information content (AvgIpc) is 2.28. The van der Waals surface area contributed by atoms with Crippen LogP contribution in [0.1, 0.15) is 22.8 Å². The molecule has 0 saturated carbocycles. The Morgan fingerprint density at radius 1 is 1.47 bits per heavy atom. The second-order valence-electron chi connectivity index (χ2n) is 5.45. The van der Waals surface area contributed by atoms with Gasteiger partial charge in [0.1, 0.15) is 0 Å². The van der Waals surface area contributed by atoms with Crippen LogP contribution in [0, 0.1) is 6.92 Å². The normalized spacial score (nSPS) is 14.2. The molecule has 106 valence electrons. The first-order chi connectivity index (χ1) is 8.73. The summed E-state index contributed by atoms with van der Waals surface area (Å²) >= 11 is 0.